The van der Waals surface area contributed by atoms with E-state index in [0.717, 1.165) is 6.61 Å². The average Bonchev–Trinajstić information content (AvgIpc) is 2.27. The second-order valence-electron chi connectivity index (χ2n) is 4.26. The van der Waals surface area contributed by atoms with Gasteiger partial charge in [0.2, 0.25) is 0 Å². The Hall–Kier alpha value is 0.674. The van der Waals surface area contributed by atoms with Gasteiger partial charge in [0.05, 0.1) is 0 Å². The molecule has 0 aromatic carbocycles. The second kappa shape index (κ2) is 12.7. The molecule has 0 saturated carbocycles. The summed E-state index contributed by atoms with van der Waals surface area (Å²) in [6.07, 6.45) is 9.52. The zero-order valence-corrected chi connectivity index (χ0v) is 12.5. The third-order valence-electron chi connectivity index (χ3n) is 2.76. The van der Waals surface area contributed by atoms with Crippen LogP contribution in [0.15, 0.2) is 0 Å². The summed E-state index contributed by atoms with van der Waals surface area (Å²) in [7, 11) is 0. The van der Waals surface area contributed by atoms with E-state index < -0.39 is 18.3 Å². The van der Waals surface area contributed by atoms with Gasteiger partial charge in [-0.1, -0.05) is 0 Å². The van der Waals surface area contributed by atoms with Crippen molar-refractivity contribution >= 4 is 0 Å². The van der Waals surface area contributed by atoms with Crippen LogP contribution in [0.2, 0.25) is 9.45 Å². The Bertz CT molecular complexity index is 105. The van der Waals surface area contributed by atoms with Crippen LogP contribution in [0.1, 0.15) is 65.7 Å². The fraction of sp³-hybridized carbons (Fsp3) is 1.00. The van der Waals surface area contributed by atoms with Crippen molar-refractivity contribution in [2.75, 3.05) is 6.61 Å². The summed E-state index contributed by atoms with van der Waals surface area (Å²) in [6, 6.07) is 0. The quantitative estimate of drug-likeness (QED) is 0.363. The molecule has 0 heterocycles. The third-order valence-corrected chi connectivity index (χ3v) is 6.37. The second-order valence-corrected chi connectivity index (χ2v) is 8.28. The van der Waals surface area contributed by atoms with Crippen LogP contribution in [0.25, 0.3) is 0 Å². The molecule has 0 aliphatic rings. The summed E-state index contributed by atoms with van der Waals surface area (Å²) < 4.78 is 8.82. The Morgan fingerprint density at radius 1 is 0.800 bits per heavy atom. The van der Waals surface area contributed by atoms with Crippen molar-refractivity contribution < 1.29 is 21.6 Å². The van der Waals surface area contributed by atoms with Crippen LogP contribution in [-0.2, 0) is 21.6 Å². The number of unbranched alkanes of at least 4 members (excludes halogenated alkanes) is 5. The van der Waals surface area contributed by atoms with Crippen LogP contribution in [-0.4, -0.2) is 6.61 Å². The SMILES string of the molecule is CCCCC[CH2][Ti]([CH2]C)[O]CCCCC. The molecule has 0 fully saturated rings. The monoisotopic (exact) mass is 249 g/mol. The van der Waals surface area contributed by atoms with Gasteiger partial charge in [0, 0.05) is 0 Å². The predicted molar refractivity (Wildman–Crippen MR) is 64.9 cm³/mol. The number of hydrogen-bond acceptors (Lipinski definition) is 1. The van der Waals surface area contributed by atoms with Gasteiger partial charge in [-0.25, -0.2) is 0 Å². The number of hydrogen-bond donors (Lipinski definition) is 0. The van der Waals surface area contributed by atoms with Crippen molar-refractivity contribution in [3.05, 3.63) is 0 Å². The van der Waals surface area contributed by atoms with Gasteiger partial charge in [0.15, 0.2) is 0 Å². The van der Waals surface area contributed by atoms with Gasteiger partial charge in [-0.05, 0) is 0 Å². The van der Waals surface area contributed by atoms with Crippen molar-refractivity contribution in [1.82, 2.24) is 0 Å². The molecule has 0 amide bonds. The van der Waals surface area contributed by atoms with E-state index in [9.17, 15) is 0 Å². The van der Waals surface area contributed by atoms with E-state index in [0.29, 0.717) is 0 Å². The van der Waals surface area contributed by atoms with Gasteiger partial charge in [0.1, 0.15) is 0 Å². The van der Waals surface area contributed by atoms with Crippen LogP contribution in [0, 0.1) is 0 Å². The molecule has 0 spiro atoms. The van der Waals surface area contributed by atoms with Gasteiger partial charge in [0.25, 0.3) is 0 Å². The molecule has 0 unspecified atom stereocenters. The molecule has 0 aliphatic heterocycles. The molecule has 1 nitrogen and oxygen atoms in total. The fourth-order valence-corrected chi connectivity index (χ4v) is 4.45. The first kappa shape index (κ1) is 15.7. The van der Waals surface area contributed by atoms with Crippen molar-refractivity contribution in [3.63, 3.8) is 0 Å². The zero-order valence-electron chi connectivity index (χ0n) is 11.0. The van der Waals surface area contributed by atoms with Crippen molar-refractivity contribution in [2.24, 2.45) is 0 Å². The molecule has 0 atom stereocenters. The molecule has 0 rings (SSSR count). The number of rotatable bonds is 11. The Morgan fingerprint density at radius 3 is 2.07 bits per heavy atom. The first-order valence-corrected chi connectivity index (χ1v) is 9.67. The normalized spacial score (nSPS) is 10.6. The molecule has 0 bridgehead atoms. The van der Waals surface area contributed by atoms with Crippen molar-refractivity contribution in [1.29, 1.82) is 0 Å². The topological polar surface area (TPSA) is 9.23 Å². The molecular weight excluding hydrogens is 220 g/mol. The Kier molecular flexibility index (Phi) is 13.3. The first-order valence-electron chi connectivity index (χ1n) is 6.82. The Morgan fingerprint density at radius 2 is 1.47 bits per heavy atom. The third kappa shape index (κ3) is 10.9. The maximum atomic E-state index is 6.04. The van der Waals surface area contributed by atoms with E-state index >= 15 is 0 Å². The van der Waals surface area contributed by atoms with Gasteiger partial charge in [-0.2, -0.15) is 0 Å². The summed E-state index contributed by atoms with van der Waals surface area (Å²) in [5.41, 5.74) is 0. The summed E-state index contributed by atoms with van der Waals surface area (Å²) in [5.74, 6) is 0. The fourth-order valence-electron chi connectivity index (χ4n) is 1.67. The van der Waals surface area contributed by atoms with Crippen LogP contribution >= 0.6 is 0 Å². The summed E-state index contributed by atoms with van der Waals surface area (Å²) in [4.78, 5) is 0. The first-order chi connectivity index (χ1) is 7.35. The molecule has 0 radical (unpaired) electrons. The van der Waals surface area contributed by atoms with Crippen LogP contribution in [0.5, 0.6) is 0 Å². The summed E-state index contributed by atoms with van der Waals surface area (Å²) >= 11 is -1.06. The van der Waals surface area contributed by atoms with Gasteiger partial charge in [-0.15, -0.1) is 0 Å². The van der Waals surface area contributed by atoms with Crippen molar-refractivity contribution in [3.8, 4) is 0 Å². The zero-order chi connectivity index (χ0) is 11.4. The molecule has 0 aromatic heterocycles. The minimum absolute atomic E-state index is 1.05. The average molecular weight is 249 g/mol. The van der Waals surface area contributed by atoms with Gasteiger partial charge < -0.3 is 0 Å². The molecule has 15 heavy (non-hydrogen) atoms. The molecule has 0 N–H and O–H groups in total. The van der Waals surface area contributed by atoms with E-state index in [4.69, 9.17) is 3.32 Å². The molecule has 0 aromatic rings. The molecule has 2 heteroatoms. The van der Waals surface area contributed by atoms with Crippen molar-refractivity contribution in [2.45, 2.75) is 75.2 Å². The van der Waals surface area contributed by atoms with E-state index in [1.54, 1.807) is 0 Å². The predicted octanol–water partition coefficient (Wildman–Crippen LogP) is 5.16. The van der Waals surface area contributed by atoms with Crippen LogP contribution in [0.4, 0.5) is 0 Å². The van der Waals surface area contributed by atoms with Crippen LogP contribution < -0.4 is 0 Å². The molecule has 0 saturated heterocycles. The van der Waals surface area contributed by atoms with Gasteiger partial charge >= 0.3 is 103 Å². The van der Waals surface area contributed by atoms with E-state index in [2.05, 4.69) is 20.8 Å². The minimum atomic E-state index is -1.06. The standard InChI is InChI=1S/C6H13.C5H11O.C2H5.Ti/c1-3-5-6-4-2;1-2-3-4-5-6;1-2;/h1,3-6H2,2H3;2-5H2,1H3;1H2,2H3;/q;-1;;+1. The summed E-state index contributed by atoms with van der Waals surface area (Å²) in [6.45, 7) is 7.89. The summed E-state index contributed by atoms with van der Waals surface area (Å²) in [5, 5.41) is 0. The van der Waals surface area contributed by atoms with Crippen LogP contribution in [0.3, 0.4) is 0 Å². The Balaban J connectivity index is 3.29. The van der Waals surface area contributed by atoms with Gasteiger partial charge in [-0.3, -0.25) is 0 Å². The van der Waals surface area contributed by atoms with E-state index in [1.807, 2.05) is 0 Å². The molecule has 0 aliphatic carbocycles. The maximum absolute atomic E-state index is 6.04. The van der Waals surface area contributed by atoms with E-state index in [-0.39, 0.29) is 0 Å². The Labute approximate surface area is 103 Å². The molecular formula is C13H29OTi. The van der Waals surface area contributed by atoms with E-state index in [1.165, 1.54) is 54.4 Å². The molecule has 91 valence electrons.